The number of anilines is 2. The molecule has 2 heterocycles. The Hall–Kier alpha value is -3.10. The third kappa shape index (κ3) is 4.65. The van der Waals surface area contributed by atoms with Gasteiger partial charge in [0, 0.05) is 21.8 Å². The molecule has 158 valence electrons. The zero-order valence-electron chi connectivity index (χ0n) is 17.3. The van der Waals surface area contributed by atoms with Crippen LogP contribution < -0.4 is 10.6 Å². The molecule has 0 saturated carbocycles. The summed E-state index contributed by atoms with van der Waals surface area (Å²) in [7, 11) is 0. The van der Waals surface area contributed by atoms with Gasteiger partial charge in [-0.2, -0.15) is 14.6 Å². The van der Waals surface area contributed by atoms with Crippen molar-refractivity contribution in [3.63, 3.8) is 0 Å². The highest BCUT2D eigenvalue weighted by atomic mass is 35.5. The molecule has 0 aliphatic heterocycles. The molecule has 4 aromatic rings. The molecule has 31 heavy (non-hydrogen) atoms. The summed E-state index contributed by atoms with van der Waals surface area (Å²) in [4.78, 5) is 22.1. The van der Waals surface area contributed by atoms with E-state index in [4.69, 9.17) is 11.6 Å². The van der Waals surface area contributed by atoms with E-state index in [0.29, 0.717) is 22.2 Å². The van der Waals surface area contributed by atoms with Crippen molar-refractivity contribution in [1.29, 1.82) is 0 Å². The molecule has 0 aliphatic carbocycles. The number of aromatic nitrogens is 4. The van der Waals surface area contributed by atoms with Crippen molar-refractivity contribution in [2.45, 2.75) is 37.1 Å². The van der Waals surface area contributed by atoms with Crippen LogP contribution >= 0.6 is 23.4 Å². The second-order valence-electron chi connectivity index (χ2n) is 7.00. The van der Waals surface area contributed by atoms with Crippen LogP contribution in [0.1, 0.15) is 23.7 Å². The van der Waals surface area contributed by atoms with Gasteiger partial charge in [-0.25, -0.2) is 9.78 Å². The van der Waals surface area contributed by atoms with Crippen molar-refractivity contribution in [2.24, 2.45) is 0 Å². The summed E-state index contributed by atoms with van der Waals surface area (Å²) in [5.41, 5.74) is 4.36. The number of nitrogens with one attached hydrogen (secondary N) is 2. The molecular weight excluding hydrogens is 432 g/mol. The maximum Gasteiger partial charge on any atom is 0.323 e. The van der Waals surface area contributed by atoms with Crippen LogP contribution in [0.5, 0.6) is 0 Å². The smallest absolute Gasteiger partial charge is 0.308 e. The first kappa shape index (κ1) is 21.1. The summed E-state index contributed by atoms with van der Waals surface area (Å²) in [6.45, 7) is 6.03. The highest BCUT2D eigenvalue weighted by Crippen LogP contribution is 2.32. The molecule has 0 radical (unpaired) electrons. The lowest BCUT2D eigenvalue weighted by atomic mass is 10.2. The molecule has 2 amide bonds. The number of hydrogen-bond acceptors (Lipinski definition) is 5. The molecule has 0 fully saturated rings. The van der Waals surface area contributed by atoms with Gasteiger partial charge < -0.3 is 10.6 Å². The molecule has 0 bridgehead atoms. The maximum absolute atomic E-state index is 12.3. The van der Waals surface area contributed by atoms with Crippen molar-refractivity contribution in [2.75, 3.05) is 10.6 Å². The van der Waals surface area contributed by atoms with E-state index in [9.17, 15) is 4.79 Å². The van der Waals surface area contributed by atoms with Gasteiger partial charge in [-0.3, -0.25) is 0 Å². The summed E-state index contributed by atoms with van der Waals surface area (Å²) >= 11 is 7.78. The molecule has 2 N–H and O–H groups in total. The van der Waals surface area contributed by atoms with Crippen LogP contribution in [0, 0.1) is 13.8 Å². The lowest BCUT2D eigenvalue weighted by Crippen LogP contribution is -2.19. The van der Waals surface area contributed by atoms with Gasteiger partial charge in [0.15, 0.2) is 0 Å². The third-order valence-corrected chi connectivity index (χ3v) is 6.17. The average molecular weight is 453 g/mol. The van der Waals surface area contributed by atoms with Gasteiger partial charge in [0.2, 0.25) is 0 Å². The predicted octanol–water partition coefficient (Wildman–Crippen LogP) is 5.75. The van der Waals surface area contributed by atoms with E-state index in [1.165, 1.54) is 6.33 Å². The number of amides is 2. The summed E-state index contributed by atoms with van der Waals surface area (Å²) < 4.78 is 1.77. The molecular formula is C22H21ClN6OS. The van der Waals surface area contributed by atoms with Gasteiger partial charge in [0.25, 0.3) is 5.78 Å². The lowest BCUT2D eigenvalue weighted by Gasteiger charge is -2.12. The van der Waals surface area contributed by atoms with E-state index < -0.39 is 0 Å². The number of hydrogen-bond donors (Lipinski definition) is 2. The predicted molar refractivity (Wildman–Crippen MR) is 124 cm³/mol. The molecule has 7 nitrogen and oxygen atoms in total. The monoisotopic (exact) mass is 452 g/mol. The Labute approximate surface area is 189 Å². The van der Waals surface area contributed by atoms with E-state index in [-0.39, 0.29) is 6.03 Å². The second kappa shape index (κ2) is 8.95. The zero-order valence-corrected chi connectivity index (χ0v) is 18.9. The summed E-state index contributed by atoms with van der Waals surface area (Å²) in [5, 5.41) is 11.4. The first-order chi connectivity index (χ1) is 14.9. The van der Waals surface area contributed by atoms with Crippen LogP contribution in [-0.4, -0.2) is 25.6 Å². The first-order valence-corrected chi connectivity index (χ1v) is 11.0. The Bertz CT molecular complexity index is 1260. The molecule has 2 aromatic carbocycles. The minimum absolute atomic E-state index is 0.353. The van der Waals surface area contributed by atoms with Crippen molar-refractivity contribution in [1.82, 2.24) is 19.6 Å². The van der Waals surface area contributed by atoms with Crippen LogP contribution in [0.15, 0.2) is 58.7 Å². The number of aryl methyl sites for hydroxylation is 2. The Morgan fingerprint density at radius 3 is 2.61 bits per heavy atom. The van der Waals surface area contributed by atoms with Crippen LogP contribution in [0.25, 0.3) is 5.78 Å². The molecule has 0 unspecified atom stereocenters. The van der Waals surface area contributed by atoms with Crippen LogP contribution in [0.3, 0.4) is 0 Å². The van der Waals surface area contributed by atoms with E-state index in [0.717, 1.165) is 33.2 Å². The largest absolute Gasteiger partial charge is 0.323 e. The van der Waals surface area contributed by atoms with Crippen molar-refractivity contribution >= 4 is 46.5 Å². The minimum Gasteiger partial charge on any atom is -0.308 e. The molecule has 2 aromatic heterocycles. The Morgan fingerprint density at radius 2 is 1.90 bits per heavy atom. The quantitative estimate of drug-likeness (QED) is 0.376. The standard InChI is InChI=1S/C22H21ClN6OS/c1-4-17-14(3)26-21-24-12-25-29(21)20(17)31-16-8-6-15(7-9-16)27-22(30)28-19-10-5-13(2)11-18(19)23/h5-12H,4H2,1-3H3,(H2,27,28,30). The number of carbonyl (C=O) groups excluding carboxylic acids is 1. The molecule has 0 aliphatic rings. The van der Waals surface area contributed by atoms with Crippen LogP contribution in [-0.2, 0) is 6.42 Å². The van der Waals surface area contributed by atoms with Gasteiger partial charge >= 0.3 is 6.03 Å². The van der Waals surface area contributed by atoms with E-state index in [2.05, 4.69) is 32.6 Å². The second-order valence-corrected chi connectivity index (χ2v) is 8.46. The number of rotatable bonds is 5. The Balaban J connectivity index is 1.48. The van der Waals surface area contributed by atoms with E-state index >= 15 is 0 Å². The number of urea groups is 1. The number of nitrogens with zero attached hydrogens (tertiary/aromatic N) is 4. The van der Waals surface area contributed by atoms with Gasteiger partial charge in [-0.15, -0.1) is 0 Å². The number of fused-ring (bicyclic) bond motifs is 1. The van der Waals surface area contributed by atoms with E-state index in [1.54, 1.807) is 28.4 Å². The Kier molecular flexibility index (Phi) is 6.11. The summed E-state index contributed by atoms with van der Waals surface area (Å²) in [5.74, 6) is 0.585. The van der Waals surface area contributed by atoms with Crippen LogP contribution in [0.2, 0.25) is 5.02 Å². The SMILES string of the molecule is CCc1c(C)nc2ncnn2c1Sc1ccc(NC(=O)Nc2ccc(C)cc2Cl)cc1. The number of halogens is 1. The average Bonchev–Trinajstić information content (AvgIpc) is 3.20. The highest BCUT2D eigenvalue weighted by molar-refractivity contribution is 7.99. The first-order valence-electron chi connectivity index (χ1n) is 9.76. The summed E-state index contributed by atoms with van der Waals surface area (Å²) in [6, 6.07) is 12.8. The number of carbonyl (C=O) groups is 1. The maximum atomic E-state index is 12.3. The van der Waals surface area contributed by atoms with Gasteiger partial charge in [-0.05, 0) is 62.2 Å². The fourth-order valence-corrected chi connectivity index (χ4v) is 4.60. The zero-order chi connectivity index (χ0) is 22.0. The van der Waals surface area contributed by atoms with Crippen molar-refractivity contribution in [3.8, 4) is 0 Å². The van der Waals surface area contributed by atoms with Gasteiger partial charge in [0.1, 0.15) is 11.4 Å². The van der Waals surface area contributed by atoms with Gasteiger partial charge in [-0.1, -0.05) is 36.4 Å². The normalized spacial score (nSPS) is 11.0. The molecule has 0 saturated heterocycles. The topological polar surface area (TPSA) is 84.2 Å². The summed E-state index contributed by atoms with van der Waals surface area (Å²) in [6.07, 6.45) is 2.36. The fraction of sp³-hybridized carbons (Fsp3) is 0.182. The van der Waals surface area contributed by atoms with E-state index in [1.807, 2.05) is 44.2 Å². The fourth-order valence-electron chi connectivity index (χ4n) is 3.19. The van der Waals surface area contributed by atoms with Crippen molar-refractivity contribution in [3.05, 3.63) is 70.6 Å². The third-order valence-electron chi connectivity index (χ3n) is 4.74. The molecule has 0 spiro atoms. The molecule has 4 rings (SSSR count). The minimum atomic E-state index is -0.353. The van der Waals surface area contributed by atoms with Crippen LogP contribution in [0.4, 0.5) is 16.2 Å². The molecule has 0 atom stereocenters. The number of benzene rings is 2. The van der Waals surface area contributed by atoms with Gasteiger partial charge in [0.05, 0.1) is 10.7 Å². The Morgan fingerprint density at radius 1 is 1.13 bits per heavy atom. The molecule has 9 heteroatoms. The highest BCUT2D eigenvalue weighted by Gasteiger charge is 2.14. The van der Waals surface area contributed by atoms with Crippen molar-refractivity contribution < 1.29 is 4.79 Å². The lowest BCUT2D eigenvalue weighted by molar-refractivity contribution is 0.262.